The van der Waals surface area contributed by atoms with Crippen LogP contribution >= 0.6 is 0 Å². The lowest BCUT2D eigenvalue weighted by molar-refractivity contribution is -0.166. The summed E-state index contributed by atoms with van der Waals surface area (Å²) in [5.41, 5.74) is 1.68. The molecule has 1 aliphatic heterocycles. The lowest BCUT2D eigenvalue weighted by Gasteiger charge is -2.21. The van der Waals surface area contributed by atoms with Crippen LogP contribution in [0.3, 0.4) is 0 Å². The van der Waals surface area contributed by atoms with Gasteiger partial charge in [0.1, 0.15) is 6.10 Å². The average Bonchev–Trinajstić information content (AvgIpc) is 3.23. The van der Waals surface area contributed by atoms with E-state index in [0.717, 1.165) is 31.2 Å². The molecule has 4 rings (SSSR count). The second kappa shape index (κ2) is 5.91. The van der Waals surface area contributed by atoms with Crippen LogP contribution in [0.1, 0.15) is 47.7 Å². The normalized spacial score (nSPS) is 25.7. The maximum atomic E-state index is 13.0. The Labute approximate surface area is 136 Å². The molecule has 2 atom stereocenters. The summed E-state index contributed by atoms with van der Waals surface area (Å²) in [4.78, 5) is 13.0. The van der Waals surface area contributed by atoms with E-state index in [1.807, 2.05) is 60.7 Å². The third kappa shape index (κ3) is 2.71. The van der Waals surface area contributed by atoms with Crippen molar-refractivity contribution in [1.29, 1.82) is 0 Å². The van der Waals surface area contributed by atoms with E-state index in [-0.39, 0.29) is 11.9 Å². The third-order valence-corrected chi connectivity index (χ3v) is 4.77. The number of ether oxygens (including phenoxy) is 2. The van der Waals surface area contributed by atoms with Crippen LogP contribution in [0.15, 0.2) is 60.7 Å². The van der Waals surface area contributed by atoms with Crippen molar-refractivity contribution in [3.05, 3.63) is 71.8 Å². The molecule has 0 amide bonds. The lowest BCUT2D eigenvalue weighted by Crippen LogP contribution is -2.30. The Balaban J connectivity index is 1.68. The Morgan fingerprint density at radius 2 is 1.48 bits per heavy atom. The monoisotopic (exact) mass is 308 g/mol. The zero-order chi connectivity index (χ0) is 15.7. The van der Waals surface area contributed by atoms with Gasteiger partial charge in [0.15, 0.2) is 17.7 Å². The van der Waals surface area contributed by atoms with Gasteiger partial charge in [0.25, 0.3) is 0 Å². The largest absolute Gasteiger partial charge is 0.339 e. The zero-order valence-corrected chi connectivity index (χ0v) is 13.0. The van der Waals surface area contributed by atoms with Crippen LogP contribution in [0.2, 0.25) is 0 Å². The minimum Gasteiger partial charge on any atom is -0.339 e. The molecule has 3 heteroatoms. The lowest BCUT2D eigenvalue weighted by atomic mass is 9.97. The molecule has 1 spiro atoms. The molecule has 0 radical (unpaired) electrons. The van der Waals surface area contributed by atoms with E-state index in [4.69, 9.17) is 9.47 Å². The summed E-state index contributed by atoms with van der Waals surface area (Å²) in [5, 5.41) is 0. The first-order valence-corrected chi connectivity index (χ1v) is 8.27. The van der Waals surface area contributed by atoms with Gasteiger partial charge < -0.3 is 9.47 Å². The summed E-state index contributed by atoms with van der Waals surface area (Å²) in [5.74, 6) is -0.571. The van der Waals surface area contributed by atoms with Crippen LogP contribution in [0.4, 0.5) is 0 Å². The van der Waals surface area contributed by atoms with Crippen LogP contribution in [0.5, 0.6) is 0 Å². The zero-order valence-electron chi connectivity index (χ0n) is 13.0. The second-order valence-electron chi connectivity index (χ2n) is 6.34. The standard InChI is InChI=1S/C20H20O3/c21-17(15-9-3-1-4-10-15)19-18(16-11-5-2-6-12-16)22-20(23-19)13-7-8-14-20/h1-6,9-12,18-19H,7-8,13-14H2/t18-,19-/m1/s1. The van der Waals surface area contributed by atoms with E-state index in [0.29, 0.717) is 5.56 Å². The summed E-state index contributed by atoms with van der Waals surface area (Å²) in [6.07, 6.45) is 3.02. The third-order valence-electron chi connectivity index (χ3n) is 4.77. The molecule has 118 valence electrons. The number of hydrogen-bond donors (Lipinski definition) is 0. The Kier molecular flexibility index (Phi) is 3.76. The Morgan fingerprint density at radius 1 is 0.870 bits per heavy atom. The molecule has 0 aromatic heterocycles. The maximum Gasteiger partial charge on any atom is 0.194 e. The minimum absolute atomic E-state index is 0.00299. The van der Waals surface area contributed by atoms with Gasteiger partial charge >= 0.3 is 0 Å². The molecule has 0 N–H and O–H groups in total. The van der Waals surface area contributed by atoms with Gasteiger partial charge in [-0.15, -0.1) is 0 Å². The molecule has 23 heavy (non-hydrogen) atoms. The van der Waals surface area contributed by atoms with Crippen molar-refractivity contribution in [1.82, 2.24) is 0 Å². The van der Waals surface area contributed by atoms with Crippen molar-refractivity contribution in [2.45, 2.75) is 43.7 Å². The number of carbonyl (C=O) groups excluding carboxylic acids is 1. The number of benzene rings is 2. The van der Waals surface area contributed by atoms with Crippen molar-refractivity contribution in [2.24, 2.45) is 0 Å². The smallest absolute Gasteiger partial charge is 0.194 e. The number of rotatable bonds is 3. The van der Waals surface area contributed by atoms with Crippen molar-refractivity contribution in [2.75, 3.05) is 0 Å². The summed E-state index contributed by atoms with van der Waals surface area (Å²) in [6, 6.07) is 19.3. The van der Waals surface area contributed by atoms with Crippen molar-refractivity contribution in [3.8, 4) is 0 Å². The van der Waals surface area contributed by atoms with Crippen LogP contribution in [0, 0.1) is 0 Å². The molecule has 2 aromatic rings. The van der Waals surface area contributed by atoms with Crippen LogP contribution in [-0.2, 0) is 9.47 Å². The average molecular weight is 308 g/mol. The Hall–Kier alpha value is -1.97. The number of ketones is 1. The maximum absolute atomic E-state index is 13.0. The first-order chi connectivity index (χ1) is 11.3. The summed E-state index contributed by atoms with van der Waals surface area (Å²) >= 11 is 0. The first-order valence-electron chi connectivity index (χ1n) is 8.27. The highest BCUT2D eigenvalue weighted by Crippen LogP contribution is 2.47. The highest BCUT2D eigenvalue weighted by molar-refractivity contribution is 6.00. The number of Topliss-reactive ketones (excluding diaryl/α,β-unsaturated/α-hetero) is 1. The van der Waals surface area contributed by atoms with Crippen molar-refractivity contribution < 1.29 is 14.3 Å². The fourth-order valence-corrected chi connectivity index (χ4v) is 3.61. The van der Waals surface area contributed by atoms with Gasteiger partial charge in [0, 0.05) is 18.4 Å². The highest BCUT2D eigenvalue weighted by atomic mass is 16.8. The first kappa shape index (κ1) is 14.6. The van der Waals surface area contributed by atoms with E-state index < -0.39 is 11.9 Å². The van der Waals surface area contributed by atoms with Crippen molar-refractivity contribution >= 4 is 5.78 Å². The van der Waals surface area contributed by atoms with Gasteiger partial charge in [-0.1, -0.05) is 60.7 Å². The van der Waals surface area contributed by atoms with Crippen LogP contribution in [-0.4, -0.2) is 17.7 Å². The van der Waals surface area contributed by atoms with Crippen molar-refractivity contribution in [3.63, 3.8) is 0 Å². The molecule has 1 aliphatic carbocycles. The second-order valence-corrected chi connectivity index (χ2v) is 6.34. The van der Waals surface area contributed by atoms with E-state index in [9.17, 15) is 4.79 Å². The van der Waals surface area contributed by atoms with Crippen LogP contribution < -0.4 is 0 Å². The van der Waals surface area contributed by atoms with Gasteiger partial charge in [-0.25, -0.2) is 0 Å². The molecular formula is C20H20O3. The van der Waals surface area contributed by atoms with Gasteiger partial charge in [0.05, 0.1) is 0 Å². The number of hydrogen-bond acceptors (Lipinski definition) is 3. The highest BCUT2D eigenvalue weighted by Gasteiger charge is 2.52. The molecule has 0 unspecified atom stereocenters. The van der Waals surface area contributed by atoms with Crippen LogP contribution in [0.25, 0.3) is 0 Å². The molecular weight excluding hydrogens is 288 g/mol. The summed E-state index contributed by atoms with van der Waals surface area (Å²) < 4.78 is 12.5. The SMILES string of the molecule is O=C(c1ccccc1)[C@H]1OC2(CCCC2)O[C@@H]1c1ccccc1. The fraction of sp³-hybridized carbons (Fsp3) is 0.350. The van der Waals surface area contributed by atoms with E-state index in [1.165, 1.54) is 0 Å². The van der Waals surface area contributed by atoms with Gasteiger partial charge in [-0.3, -0.25) is 4.79 Å². The van der Waals surface area contributed by atoms with Gasteiger partial charge in [0.2, 0.25) is 0 Å². The Morgan fingerprint density at radius 3 is 2.13 bits per heavy atom. The van der Waals surface area contributed by atoms with E-state index in [2.05, 4.69) is 0 Å². The molecule has 2 aromatic carbocycles. The summed E-state index contributed by atoms with van der Waals surface area (Å²) in [7, 11) is 0. The molecule has 0 bridgehead atoms. The molecule has 1 saturated heterocycles. The van der Waals surface area contributed by atoms with E-state index >= 15 is 0 Å². The summed E-state index contributed by atoms with van der Waals surface area (Å²) in [6.45, 7) is 0. The molecule has 1 saturated carbocycles. The van der Waals surface area contributed by atoms with E-state index in [1.54, 1.807) is 0 Å². The predicted octanol–water partition coefficient (Wildman–Crippen LogP) is 4.30. The molecule has 1 heterocycles. The fourth-order valence-electron chi connectivity index (χ4n) is 3.61. The molecule has 2 aliphatic rings. The minimum atomic E-state index is -0.574. The predicted molar refractivity (Wildman–Crippen MR) is 87.1 cm³/mol. The Bertz CT molecular complexity index is 675. The molecule has 3 nitrogen and oxygen atoms in total. The number of carbonyl (C=O) groups is 1. The topological polar surface area (TPSA) is 35.5 Å². The van der Waals surface area contributed by atoms with Gasteiger partial charge in [-0.2, -0.15) is 0 Å². The quantitative estimate of drug-likeness (QED) is 0.793. The van der Waals surface area contributed by atoms with Gasteiger partial charge in [-0.05, 0) is 18.4 Å². The molecule has 2 fully saturated rings.